The minimum atomic E-state index is -4.49. The zero-order valence-corrected chi connectivity index (χ0v) is 13.4. The van der Waals surface area contributed by atoms with E-state index < -0.39 is 25.8 Å². The molecule has 8 nitrogen and oxygen atoms in total. The van der Waals surface area contributed by atoms with Gasteiger partial charge in [-0.1, -0.05) is 0 Å². The van der Waals surface area contributed by atoms with Gasteiger partial charge in [0.15, 0.2) is 12.4 Å². The molecule has 0 saturated carbocycles. The Morgan fingerprint density at radius 1 is 1.47 bits per heavy atom. The van der Waals surface area contributed by atoms with Gasteiger partial charge >= 0.3 is 51.6 Å². The molecule has 0 saturated heterocycles. The number of quaternary nitrogens is 1. The predicted octanol–water partition coefficient (Wildman–Crippen LogP) is -2.56. The van der Waals surface area contributed by atoms with E-state index in [9.17, 15) is 13.2 Å². The summed E-state index contributed by atoms with van der Waals surface area (Å²) in [7, 11) is -4.49. The van der Waals surface area contributed by atoms with Crippen LogP contribution in [0.5, 0.6) is 0 Å². The zero-order valence-electron chi connectivity index (χ0n) is 11.6. The van der Waals surface area contributed by atoms with Crippen molar-refractivity contribution in [1.82, 2.24) is 0 Å². The molecule has 0 aliphatic carbocycles. The number of hydrogen-bond donors (Lipinski definition) is 1. The first-order valence-corrected chi connectivity index (χ1v) is 6.29. The second kappa shape index (κ2) is 5.27. The molecule has 2 aliphatic heterocycles. The number of carbonyl (C=O) groups excluding carboxylic acids is 1. The van der Waals surface area contributed by atoms with Crippen LogP contribution in [0.1, 0.15) is 15.3 Å². The van der Waals surface area contributed by atoms with Gasteiger partial charge in [0, 0.05) is 18.7 Å². The van der Waals surface area contributed by atoms with Gasteiger partial charge in [-0.25, -0.2) is 4.79 Å². The first-order valence-electron chi connectivity index (χ1n) is 4.85. The summed E-state index contributed by atoms with van der Waals surface area (Å²) in [5.41, 5.74) is 0.656. The Kier molecular flexibility index (Phi) is 4.50. The minimum Gasteiger partial charge on any atom is -1.00 e. The average Bonchev–Trinajstić information content (AvgIpc) is 2.53. The molecule has 2 aliphatic rings. The van der Waals surface area contributed by atoms with E-state index >= 15 is 0 Å². The van der Waals surface area contributed by atoms with E-state index in [1.54, 1.807) is 6.92 Å². The van der Waals surface area contributed by atoms with Crippen molar-refractivity contribution >= 4 is 28.3 Å². The summed E-state index contributed by atoms with van der Waals surface area (Å²) >= 11 is 0. The maximum Gasteiger partial charge on any atom is 1.00 e. The third kappa shape index (κ3) is 3.19. The molecule has 1 atom stereocenters. The van der Waals surface area contributed by atoms with Crippen LogP contribution in [0.3, 0.4) is 0 Å². The van der Waals surface area contributed by atoms with Crippen molar-refractivity contribution in [3.8, 4) is 0 Å². The van der Waals surface area contributed by atoms with Gasteiger partial charge in [-0.2, -0.15) is 18.4 Å². The van der Waals surface area contributed by atoms with Gasteiger partial charge in [-0.15, -0.1) is 0 Å². The van der Waals surface area contributed by atoms with E-state index in [1.807, 2.05) is 0 Å². The van der Waals surface area contributed by atoms with Crippen LogP contribution in [0.15, 0.2) is 33.0 Å². The molecule has 0 radical (unpaired) electrons. The standard InChI is InChI=1S/C9H9N3O5S.Na.H/c1-6-3-10-9-11-8(18(14,15)16)5-12(9,4-6)17-7(2)13;;/h3-5H,1-2H3;;/q;+1;-1/p+1. The molecule has 0 aromatic rings. The number of nitrogens with zero attached hydrogens (tertiary/aromatic N) is 3. The Bertz CT molecular complexity index is 654. The van der Waals surface area contributed by atoms with Crippen molar-refractivity contribution in [2.24, 2.45) is 9.98 Å². The second-order valence-electron chi connectivity index (χ2n) is 3.78. The number of allylic oxidation sites excluding steroid dienone is 1. The van der Waals surface area contributed by atoms with Gasteiger partial charge in [0.1, 0.15) is 0 Å². The Balaban J connectivity index is 0.00000180. The van der Waals surface area contributed by atoms with E-state index in [0.717, 1.165) is 6.20 Å². The summed E-state index contributed by atoms with van der Waals surface area (Å²) in [5, 5.41) is -0.609. The van der Waals surface area contributed by atoms with Gasteiger partial charge in [0.2, 0.25) is 5.03 Å². The van der Waals surface area contributed by atoms with Crippen molar-refractivity contribution < 1.29 is 58.2 Å². The van der Waals surface area contributed by atoms with Crippen molar-refractivity contribution in [1.29, 1.82) is 0 Å². The van der Waals surface area contributed by atoms with E-state index in [1.165, 1.54) is 19.3 Å². The summed E-state index contributed by atoms with van der Waals surface area (Å²) in [6, 6.07) is 0. The van der Waals surface area contributed by atoms with E-state index in [2.05, 4.69) is 9.98 Å². The van der Waals surface area contributed by atoms with Crippen LogP contribution < -0.4 is 29.6 Å². The summed E-state index contributed by atoms with van der Waals surface area (Å²) < 4.78 is 30.3. The van der Waals surface area contributed by atoms with Crippen LogP contribution in [-0.4, -0.2) is 35.8 Å². The Hall–Kier alpha value is -0.840. The molecule has 2 rings (SSSR count). The fraction of sp³-hybridized carbons (Fsp3) is 0.222. The summed E-state index contributed by atoms with van der Waals surface area (Å²) in [5.74, 6) is -0.708. The first kappa shape index (κ1) is 16.2. The number of rotatable bonds is 2. The Morgan fingerprint density at radius 2 is 2.11 bits per heavy atom. The van der Waals surface area contributed by atoms with Gasteiger partial charge in [-0.05, 0) is 11.6 Å². The maximum absolute atomic E-state index is 11.1. The summed E-state index contributed by atoms with van der Waals surface area (Å²) in [4.78, 5) is 23.6. The van der Waals surface area contributed by atoms with Crippen LogP contribution >= 0.6 is 0 Å². The first-order chi connectivity index (χ1) is 8.23. The molecule has 0 bridgehead atoms. The van der Waals surface area contributed by atoms with E-state index in [0.29, 0.717) is 5.57 Å². The SMILES string of the molecule is CC(=O)O[N+]12C=C(C)C=NC1=NC(S(=O)(=O)O)=C2.[H-].[Na+]. The van der Waals surface area contributed by atoms with Crippen molar-refractivity contribution in [3.05, 3.63) is 23.0 Å². The van der Waals surface area contributed by atoms with Crippen LogP contribution in [0.25, 0.3) is 0 Å². The molecular formula is C9H11N3NaO5S+. The van der Waals surface area contributed by atoms with E-state index in [4.69, 9.17) is 9.39 Å². The van der Waals surface area contributed by atoms with Crippen LogP contribution in [0.4, 0.5) is 0 Å². The molecule has 2 heterocycles. The number of fused-ring (bicyclic) bond motifs is 1. The molecule has 98 valence electrons. The second-order valence-corrected chi connectivity index (χ2v) is 5.15. The number of aliphatic imine (C=N–C) groups is 2. The van der Waals surface area contributed by atoms with Gasteiger partial charge in [0.25, 0.3) is 0 Å². The molecule has 1 N–H and O–H groups in total. The fourth-order valence-electron chi connectivity index (χ4n) is 1.57. The Morgan fingerprint density at radius 3 is 2.63 bits per heavy atom. The summed E-state index contributed by atoms with van der Waals surface area (Å²) in [6.07, 6.45) is 3.89. The molecule has 10 heteroatoms. The van der Waals surface area contributed by atoms with Gasteiger partial charge in [-0.3, -0.25) is 9.39 Å². The molecule has 0 aromatic heterocycles. The number of carbonyl (C=O) groups is 1. The molecule has 1 unspecified atom stereocenters. The van der Waals surface area contributed by atoms with Crippen molar-refractivity contribution in [2.75, 3.05) is 0 Å². The van der Waals surface area contributed by atoms with E-state index in [-0.39, 0.29) is 36.9 Å². The van der Waals surface area contributed by atoms with Crippen molar-refractivity contribution in [3.63, 3.8) is 0 Å². The monoisotopic (exact) mass is 296 g/mol. The normalized spacial score (nSPS) is 24.7. The van der Waals surface area contributed by atoms with Crippen molar-refractivity contribution in [2.45, 2.75) is 13.8 Å². The smallest absolute Gasteiger partial charge is 1.00 e. The zero-order chi connectivity index (χ0) is 13.6. The molecule has 0 aromatic carbocycles. The largest absolute Gasteiger partial charge is 1.00 e. The third-order valence-electron chi connectivity index (χ3n) is 2.15. The number of guanidine groups is 1. The topological polar surface area (TPSA) is 105 Å². The minimum absolute atomic E-state index is 0. The Labute approximate surface area is 133 Å². The predicted molar refractivity (Wildman–Crippen MR) is 62.5 cm³/mol. The molecule has 0 amide bonds. The summed E-state index contributed by atoms with van der Waals surface area (Å²) in [6.45, 7) is 2.87. The average molecular weight is 296 g/mol. The number of hydrogen-bond acceptors (Lipinski definition) is 6. The molecule has 0 fully saturated rings. The van der Waals surface area contributed by atoms with Gasteiger partial charge in [0.05, 0.1) is 0 Å². The third-order valence-corrected chi connectivity index (χ3v) is 2.87. The van der Waals surface area contributed by atoms with Gasteiger partial charge < -0.3 is 1.43 Å². The molecule has 19 heavy (non-hydrogen) atoms. The maximum atomic E-state index is 11.1. The quantitative estimate of drug-likeness (QED) is 0.343. The van der Waals surface area contributed by atoms with Crippen LogP contribution in [-0.2, 0) is 19.8 Å². The molecule has 0 spiro atoms. The van der Waals surface area contributed by atoms with Crippen LogP contribution in [0, 0.1) is 0 Å². The molecular weight excluding hydrogens is 285 g/mol. The number of hydroxylamine groups is 3. The fourth-order valence-corrected chi connectivity index (χ4v) is 2.05. The van der Waals surface area contributed by atoms with Crippen LogP contribution in [0.2, 0.25) is 0 Å².